The number of carboxylic acids is 1. The molecule has 0 saturated heterocycles. The van der Waals surface area contributed by atoms with Crippen LogP contribution in [0.2, 0.25) is 0 Å². The van der Waals surface area contributed by atoms with Gasteiger partial charge in [-0.25, -0.2) is 0 Å². The molecular weight excluding hydrogens is 140 g/mol. The third kappa shape index (κ3) is 0.959. The predicted molar refractivity (Wildman–Crippen MR) is 41.2 cm³/mol. The average molecular weight is 154 g/mol. The Morgan fingerprint density at radius 3 is 2.64 bits per heavy atom. The molecule has 2 aliphatic rings. The molecule has 0 aromatic rings. The Hall–Kier alpha value is -0.530. The first kappa shape index (κ1) is 7.14. The normalized spacial score (nSPS) is 48.1. The van der Waals surface area contributed by atoms with E-state index in [0.717, 1.165) is 25.2 Å². The highest BCUT2D eigenvalue weighted by atomic mass is 16.4. The Kier molecular flexibility index (Phi) is 1.29. The third-order valence-electron chi connectivity index (χ3n) is 3.38. The van der Waals surface area contributed by atoms with Gasteiger partial charge in [0.2, 0.25) is 0 Å². The van der Waals surface area contributed by atoms with Crippen LogP contribution in [0.3, 0.4) is 0 Å². The van der Waals surface area contributed by atoms with Gasteiger partial charge in [-0.15, -0.1) is 0 Å². The lowest BCUT2D eigenvalue weighted by molar-refractivity contribution is -0.139. The maximum atomic E-state index is 10.6. The summed E-state index contributed by atoms with van der Waals surface area (Å²) >= 11 is 0. The van der Waals surface area contributed by atoms with Crippen LogP contribution in [0.5, 0.6) is 0 Å². The Morgan fingerprint density at radius 2 is 2.27 bits per heavy atom. The van der Waals surface area contributed by atoms with Crippen molar-refractivity contribution in [3.05, 3.63) is 0 Å². The highest BCUT2D eigenvalue weighted by Gasteiger charge is 2.60. The van der Waals surface area contributed by atoms with Gasteiger partial charge in [-0.2, -0.15) is 0 Å². The highest BCUT2D eigenvalue weighted by molar-refractivity contribution is 5.74. The van der Waals surface area contributed by atoms with E-state index in [0.29, 0.717) is 0 Å². The number of rotatable bonds is 1. The molecule has 0 aromatic heterocycles. The van der Waals surface area contributed by atoms with Crippen LogP contribution in [-0.2, 0) is 4.79 Å². The molecule has 2 heteroatoms. The van der Waals surface area contributed by atoms with E-state index in [-0.39, 0.29) is 11.3 Å². The van der Waals surface area contributed by atoms with Crippen LogP contribution in [0.15, 0.2) is 0 Å². The van der Waals surface area contributed by atoms with E-state index in [1.54, 1.807) is 0 Å². The molecule has 3 atom stereocenters. The van der Waals surface area contributed by atoms with Crippen LogP contribution >= 0.6 is 0 Å². The van der Waals surface area contributed by atoms with Crippen molar-refractivity contribution in [2.75, 3.05) is 0 Å². The van der Waals surface area contributed by atoms with E-state index in [2.05, 4.69) is 6.92 Å². The smallest absolute Gasteiger partial charge is 0.307 e. The fraction of sp³-hybridized carbons (Fsp3) is 0.889. The lowest BCUT2D eigenvalue weighted by Gasteiger charge is -2.04. The highest BCUT2D eigenvalue weighted by Crippen LogP contribution is 2.64. The summed E-state index contributed by atoms with van der Waals surface area (Å²) in [6.45, 7) is 2.23. The van der Waals surface area contributed by atoms with Gasteiger partial charge in [-0.3, -0.25) is 4.79 Å². The quantitative estimate of drug-likeness (QED) is 0.626. The van der Waals surface area contributed by atoms with Crippen LogP contribution in [0.25, 0.3) is 0 Å². The molecule has 0 radical (unpaired) electrons. The van der Waals surface area contributed by atoms with E-state index >= 15 is 0 Å². The van der Waals surface area contributed by atoms with Gasteiger partial charge in [0.1, 0.15) is 0 Å². The lowest BCUT2D eigenvalue weighted by atomic mass is 10.0. The van der Waals surface area contributed by atoms with Crippen molar-refractivity contribution in [2.24, 2.45) is 17.3 Å². The van der Waals surface area contributed by atoms with E-state index in [1.165, 1.54) is 6.42 Å². The minimum atomic E-state index is -0.570. The fourth-order valence-electron chi connectivity index (χ4n) is 2.63. The van der Waals surface area contributed by atoms with Crippen LogP contribution in [0.4, 0.5) is 0 Å². The zero-order valence-corrected chi connectivity index (χ0v) is 6.84. The Bertz CT molecular complexity index is 200. The molecule has 2 rings (SSSR count). The second-order valence-corrected chi connectivity index (χ2v) is 4.31. The third-order valence-corrected chi connectivity index (χ3v) is 3.38. The molecule has 62 valence electrons. The van der Waals surface area contributed by atoms with Crippen LogP contribution in [-0.4, -0.2) is 11.1 Å². The predicted octanol–water partition coefficient (Wildman–Crippen LogP) is 1.90. The summed E-state index contributed by atoms with van der Waals surface area (Å²) in [6, 6.07) is 0. The Balaban J connectivity index is 2.02. The number of hydrogen-bond donors (Lipinski definition) is 1. The SMILES string of the molecule is CC1CCC2(C1)CC2C(=O)O. The zero-order chi connectivity index (χ0) is 8.06. The number of carboxylic acid groups (broad SMARTS) is 1. The van der Waals surface area contributed by atoms with Crippen molar-refractivity contribution in [1.82, 2.24) is 0 Å². The molecule has 0 heterocycles. The first-order valence-electron chi connectivity index (χ1n) is 4.37. The zero-order valence-electron chi connectivity index (χ0n) is 6.84. The maximum Gasteiger partial charge on any atom is 0.307 e. The van der Waals surface area contributed by atoms with Gasteiger partial charge in [0.15, 0.2) is 0 Å². The minimum Gasteiger partial charge on any atom is -0.481 e. The van der Waals surface area contributed by atoms with Gasteiger partial charge in [0, 0.05) is 0 Å². The van der Waals surface area contributed by atoms with E-state index in [9.17, 15) is 4.79 Å². The topological polar surface area (TPSA) is 37.3 Å². The van der Waals surface area contributed by atoms with E-state index in [1.807, 2.05) is 0 Å². The summed E-state index contributed by atoms with van der Waals surface area (Å²) in [5.74, 6) is 0.200. The van der Waals surface area contributed by atoms with E-state index in [4.69, 9.17) is 5.11 Å². The first-order valence-corrected chi connectivity index (χ1v) is 4.37. The Morgan fingerprint density at radius 1 is 1.55 bits per heavy atom. The van der Waals surface area contributed by atoms with Crippen LogP contribution in [0.1, 0.15) is 32.6 Å². The summed E-state index contributed by atoms with van der Waals surface area (Å²) in [4.78, 5) is 10.6. The summed E-state index contributed by atoms with van der Waals surface area (Å²) < 4.78 is 0. The van der Waals surface area contributed by atoms with Gasteiger partial charge >= 0.3 is 5.97 Å². The standard InChI is InChI=1S/C9H14O2/c1-6-2-3-9(4-6)5-7(9)8(10)11/h6-7H,2-5H2,1H3,(H,10,11). The molecule has 0 amide bonds. The summed E-state index contributed by atoms with van der Waals surface area (Å²) in [5.41, 5.74) is 0.255. The van der Waals surface area contributed by atoms with Crippen LogP contribution < -0.4 is 0 Å². The molecular formula is C9H14O2. The average Bonchev–Trinajstić information content (AvgIpc) is 2.48. The van der Waals surface area contributed by atoms with Gasteiger partial charge < -0.3 is 5.11 Å². The van der Waals surface area contributed by atoms with Gasteiger partial charge in [-0.05, 0) is 30.6 Å². The molecule has 0 aromatic carbocycles. The number of aliphatic carboxylic acids is 1. The van der Waals surface area contributed by atoms with Crippen molar-refractivity contribution >= 4 is 5.97 Å². The van der Waals surface area contributed by atoms with Crippen molar-refractivity contribution in [3.63, 3.8) is 0 Å². The maximum absolute atomic E-state index is 10.6. The molecule has 2 saturated carbocycles. The molecule has 0 aliphatic heterocycles. The number of carbonyl (C=O) groups is 1. The molecule has 3 unspecified atom stereocenters. The first-order chi connectivity index (χ1) is 5.14. The van der Waals surface area contributed by atoms with Crippen molar-refractivity contribution in [2.45, 2.75) is 32.6 Å². The molecule has 1 spiro atoms. The Labute approximate surface area is 66.6 Å². The second-order valence-electron chi connectivity index (χ2n) is 4.31. The van der Waals surface area contributed by atoms with Crippen molar-refractivity contribution < 1.29 is 9.90 Å². The second kappa shape index (κ2) is 1.99. The molecule has 2 fully saturated rings. The van der Waals surface area contributed by atoms with Gasteiger partial charge in [0.25, 0.3) is 0 Å². The molecule has 2 aliphatic carbocycles. The summed E-state index contributed by atoms with van der Waals surface area (Å²) in [6.07, 6.45) is 4.51. The van der Waals surface area contributed by atoms with E-state index < -0.39 is 5.97 Å². The van der Waals surface area contributed by atoms with Gasteiger partial charge in [0.05, 0.1) is 5.92 Å². The largest absolute Gasteiger partial charge is 0.481 e. The monoisotopic (exact) mass is 154 g/mol. The lowest BCUT2D eigenvalue weighted by Crippen LogP contribution is -2.06. The molecule has 11 heavy (non-hydrogen) atoms. The van der Waals surface area contributed by atoms with Crippen molar-refractivity contribution in [3.8, 4) is 0 Å². The summed E-state index contributed by atoms with van der Waals surface area (Å²) in [5, 5.41) is 8.77. The molecule has 0 bridgehead atoms. The number of hydrogen-bond acceptors (Lipinski definition) is 1. The van der Waals surface area contributed by atoms with Crippen molar-refractivity contribution in [1.29, 1.82) is 0 Å². The molecule has 1 N–H and O–H groups in total. The summed E-state index contributed by atoms with van der Waals surface area (Å²) in [7, 11) is 0. The van der Waals surface area contributed by atoms with Gasteiger partial charge in [-0.1, -0.05) is 13.3 Å². The van der Waals surface area contributed by atoms with Crippen LogP contribution in [0, 0.1) is 17.3 Å². The minimum absolute atomic E-state index is 0.00690. The fourth-order valence-corrected chi connectivity index (χ4v) is 2.63. The molecule has 2 nitrogen and oxygen atoms in total.